The fraction of sp³-hybridized carbons (Fsp3) is 0.923. The first-order chi connectivity index (χ1) is 7.90. The Morgan fingerprint density at radius 2 is 1.94 bits per heavy atom. The van der Waals surface area contributed by atoms with Gasteiger partial charge in [0.15, 0.2) is 0 Å². The first-order valence-electron chi connectivity index (χ1n) is 6.59. The van der Waals surface area contributed by atoms with Crippen molar-refractivity contribution < 1.29 is 4.79 Å². The van der Waals surface area contributed by atoms with Crippen LogP contribution in [0.4, 0.5) is 0 Å². The maximum atomic E-state index is 11.7. The number of likely N-dealkylation sites (N-methyl/N-ethyl adjacent to an activating group) is 1. The van der Waals surface area contributed by atoms with Crippen LogP contribution in [0.1, 0.15) is 40.0 Å². The topological polar surface area (TPSA) is 58.4 Å². The summed E-state index contributed by atoms with van der Waals surface area (Å²) in [6, 6.07) is 0.00208. The molecule has 0 heterocycles. The van der Waals surface area contributed by atoms with Crippen molar-refractivity contribution in [3.63, 3.8) is 0 Å². The SMILES string of the molecule is CCCCC(N)C(=O)NCC(C(C)C)N(C)C. The molecule has 0 aliphatic heterocycles. The molecule has 0 saturated carbocycles. The second kappa shape index (κ2) is 8.48. The molecule has 0 bridgehead atoms. The third-order valence-corrected chi connectivity index (χ3v) is 3.12. The van der Waals surface area contributed by atoms with E-state index in [2.05, 4.69) is 31.0 Å². The lowest BCUT2D eigenvalue weighted by Gasteiger charge is -2.28. The van der Waals surface area contributed by atoms with E-state index in [1.54, 1.807) is 0 Å². The first-order valence-corrected chi connectivity index (χ1v) is 6.59. The van der Waals surface area contributed by atoms with Crippen LogP contribution in [-0.2, 0) is 4.79 Å². The minimum atomic E-state index is -0.357. The Labute approximate surface area is 106 Å². The molecule has 0 aromatic heterocycles. The summed E-state index contributed by atoms with van der Waals surface area (Å²) in [7, 11) is 4.07. The maximum absolute atomic E-state index is 11.7. The molecule has 0 fully saturated rings. The second-order valence-corrected chi connectivity index (χ2v) is 5.27. The lowest BCUT2D eigenvalue weighted by Crippen LogP contribution is -2.48. The Kier molecular flexibility index (Phi) is 8.17. The van der Waals surface area contributed by atoms with E-state index < -0.39 is 0 Å². The van der Waals surface area contributed by atoms with Crippen LogP contribution in [0, 0.1) is 5.92 Å². The smallest absolute Gasteiger partial charge is 0.236 e. The van der Waals surface area contributed by atoms with Crippen LogP contribution in [-0.4, -0.2) is 43.5 Å². The number of nitrogens with zero attached hydrogens (tertiary/aromatic N) is 1. The Hall–Kier alpha value is -0.610. The molecule has 2 unspecified atom stereocenters. The van der Waals surface area contributed by atoms with Crippen molar-refractivity contribution in [1.29, 1.82) is 0 Å². The van der Waals surface area contributed by atoms with Crippen molar-refractivity contribution in [1.82, 2.24) is 10.2 Å². The van der Waals surface area contributed by atoms with E-state index in [-0.39, 0.29) is 11.9 Å². The molecular weight excluding hydrogens is 214 g/mol. The highest BCUT2D eigenvalue weighted by Gasteiger charge is 2.18. The predicted octanol–water partition coefficient (Wildman–Crippen LogP) is 1.21. The van der Waals surface area contributed by atoms with Gasteiger partial charge in [-0.25, -0.2) is 0 Å². The van der Waals surface area contributed by atoms with Crippen LogP contribution < -0.4 is 11.1 Å². The summed E-state index contributed by atoms with van der Waals surface area (Å²) in [4.78, 5) is 13.9. The molecule has 0 saturated heterocycles. The molecule has 0 aromatic carbocycles. The Morgan fingerprint density at radius 3 is 2.35 bits per heavy atom. The van der Waals surface area contributed by atoms with Gasteiger partial charge in [0.25, 0.3) is 0 Å². The molecule has 0 radical (unpaired) electrons. The van der Waals surface area contributed by atoms with E-state index in [0.717, 1.165) is 19.3 Å². The standard InChI is InChI=1S/C13H29N3O/c1-6-7-8-11(14)13(17)15-9-12(10(2)3)16(4)5/h10-12H,6-9,14H2,1-5H3,(H,15,17). The molecule has 17 heavy (non-hydrogen) atoms. The number of carbonyl (C=O) groups excluding carboxylic acids is 1. The maximum Gasteiger partial charge on any atom is 0.236 e. The summed E-state index contributed by atoms with van der Waals surface area (Å²) < 4.78 is 0. The monoisotopic (exact) mass is 243 g/mol. The largest absolute Gasteiger partial charge is 0.353 e. The third-order valence-electron chi connectivity index (χ3n) is 3.12. The summed E-state index contributed by atoms with van der Waals surface area (Å²) in [5, 5.41) is 2.95. The van der Waals surface area contributed by atoms with E-state index in [4.69, 9.17) is 5.73 Å². The van der Waals surface area contributed by atoms with E-state index in [1.165, 1.54) is 0 Å². The lowest BCUT2D eigenvalue weighted by molar-refractivity contribution is -0.122. The van der Waals surface area contributed by atoms with Crippen LogP contribution in [0.25, 0.3) is 0 Å². The van der Waals surface area contributed by atoms with E-state index in [9.17, 15) is 4.79 Å². The number of hydrogen-bond acceptors (Lipinski definition) is 3. The molecule has 0 spiro atoms. The molecule has 0 aliphatic carbocycles. The number of nitrogens with one attached hydrogen (secondary N) is 1. The average molecular weight is 243 g/mol. The Bertz CT molecular complexity index is 209. The van der Waals surface area contributed by atoms with Gasteiger partial charge in [-0.3, -0.25) is 4.79 Å². The van der Waals surface area contributed by atoms with Crippen molar-refractivity contribution in [2.45, 2.75) is 52.1 Å². The van der Waals surface area contributed by atoms with Crippen molar-refractivity contribution in [3.05, 3.63) is 0 Å². The summed E-state index contributed by atoms with van der Waals surface area (Å²) in [6.07, 6.45) is 2.86. The highest BCUT2D eigenvalue weighted by atomic mass is 16.2. The molecule has 4 nitrogen and oxygen atoms in total. The number of amides is 1. The van der Waals surface area contributed by atoms with Crippen LogP contribution >= 0.6 is 0 Å². The van der Waals surface area contributed by atoms with Crippen molar-refractivity contribution in [2.24, 2.45) is 11.7 Å². The minimum Gasteiger partial charge on any atom is -0.353 e. The van der Waals surface area contributed by atoms with Gasteiger partial charge in [0.1, 0.15) is 0 Å². The van der Waals surface area contributed by atoms with Gasteiger partial charge in [0, 0.05) is 12.6 Å². The number of carbonyl (C=O) groups is 1. The average Bonchev–Trinajstić information content (AvgIpc) is 2.24. The van der Waals surface area contributed by atoms with Gasteiger partial charge < -0.3 is 16.0 Å². The van der Waals surface area contributed by atoms with Gasteiger partial charge in [0.2, 0.25) is 5.91 Å². The zero-order valence-corrected chi connectivity index (χ0v) is 12.0. The number of rotatable bonds is 8. The molecule has 3 N–H and O–H groups in total. The molecule has 102 valence electrons. The molecule has 4 heteroatoms. The van der Waals surface area contributed by atoms with Gasteiger partial charge in [-0.05, 0) is 26.4 Å². The van der Waals surface area contributed by atoms with Crippen LogP contribution in [0.5, 0.6) is 0 Å². The summed E-state index contributed by atoms with van der Waals surface area (Å²) in [5.41, 5.74) is 5.82. The number of nitrogens with two attached hydrogens (primary N) is 1. The Balaban J connectivity index is 4.03. The molecule has 2 atom stereocenters. The van der Waals surface area contributed by atoms with Crippen molar-refractivity contribution >= 4 is 5.91 Å². The molecule has 0 aliphatic rings. The van der Waals surface area contributed by atoms with Gasteiger partial charge in [-0.15, -0.1) is 0 Å². The summed E-state index contributed by atoms with van der Waals surface area (Å²) >= 11 is 0. The van der Waals surface area contributed by atoms with E-state index >= 15 is 0 Å². The third kappa shape index (κ3) is 6.64. The van der Waals surface area contributed by atoms with Gasteiger partial charge in [-0.1, -0.05) is 33.6 Å². The zero-order valence-electron chi connectivity index (χ0n) is 12.0. The first kappa shape index (κ1) is 16.4. The highest BCUT2D eigenvalue weighted by molar-refractivity contribution is 5.81. The molecule has 0 rings (SSSR count). The molecule has 1 amide bonds. The molecular formula is C13H29N3O. The van der Waals surface area contributed by atoms with Gasteiger partial charge in [0.05, 0.1) is 6.04 Å². The Morgan fingerprint density at radius 1 is 1.35 bits per heavy atom. The number of unbranched alkanes of at least 4 members (excludes halogenated alkanes) is 1. The van der Waals surface area contributed by atoms with Crippen LogP contribution in [0.2, 0.25) is 0 Å². The number of hydrogen-bond donors (Lipinski definition) is 2. The van der Waals surface area contributed by atoms with Crippen LogP contribution in [0.3, 0.4) is 0 Å². The normalized spacial score (nSPS) is 15.1. The van der Waals surface area contributed by atoms with Crippen LogP contribution in [0.15, 0.2) is 0 Å². The fourth-order valence-corrected chi connectivity index (χ4v) is 1.91. The fourth-order valence-electron chi connectivity index (χ4n) is 1.91. The van der Waals surface area contributed by atoms with Gasteiger partial charge in [-0.2, -0.15) is 0 Å². The van der Waals surface area contributed by atoms with Crippen molar-refractivity contribution in [2.75, 3.05) is 20.6 Å². The molecule has 0 aromatic rings. The summed E-state index contributed by atoms with van der Waals surface area (Å²) in [6.45, 7) is 7.09. The lowest BCUT2D eigenvalue weighted by atomic mass is 10.0. The minimum absolute atomic E-state index is 0.0223. The highest BCUT2D eigenvalue weighted by Crippen LogP contribution is 2.06. The second-order valence-electron chi connectivity index (χ2n) is 5.27. The van der Waals surface area contributed by atoms with E-state index in [0.29, 0.717) is 18.5 Å². The van der Waals surface area contributed by atoms with Crippen molar-refractivity contribution in [3.8, 4) is 0 Å². The van der Waals surface area contributed by atoms with Gasteiger partial charge >= 0.3 is 0 Å². The van der Waals surface area contributed by atoms with E-state index in [1.807, 2.05) is 14.1 Å². The predicted molar refractivity (Wildman–Crippen MR) is 72.8 cm³/mol. The quantitative estimate of drug-likeness (QED) is 0.673. The zero-order chi connectivity index (χ0) is 13.4. The summed E-state index contributed by atoms with van der Waals surface area (Å²) in [5.74, 6) is 0.489.